The fourth-order valence-corrected chi connectivity index (χ4v) is 3.85. The van der Waals surface area contributed by atoms with E-state index in [0.717, 1.165) is 18.3 Å². The molecule has 0 saturated heterocycles. The van der Waals surface area contributed by atoms with Crippen molar-refractivity contribution in [3.63, 3.8) is 0 Å². The fraction of sp³-hybridized carbons (Fsp3) is 0.300. The zero-order chi connectivity index (χ0) is 20.5. The number of aromatic nitrogens is 1. The molecule has 2 aromatic heterocycles. The lowest BCUT2D eigenvalue weighted by Crippen LogP contribution is -2.25. The molecule has 0 unspecified atom stereocenters. The van der Waals surface area contributed by atoms with Gasteiger partial charge in [0.25, 0.3) is 11.8 Å². The average molecular weight is 408 g/mol. The predicted octanol–water partition coefficient (Wildman–Crippen LogP) is 5.18. The summed E-state index contributed by atoms with van der Waals surface area (Å²) in [6.45, 7) is 4.63. The number of carbonyl (C=O) groups excluding carboxylic acids is 1. The van der Waals surface area contributed by atoms with Crippen LogP contribution in [0.25, 0.3) is 10.2 Å². The number of benzene rings is 1. The molecule has 0 aliphatic rings. The van der Waals surface area contributed by atoms with Crippen LogP contribution in [0.3, 0.4) is 0 Å². The molecule has 3 aromatic rings. The average Bonchev–Trinajstić information content (AvgIpc) is 3.05. The second-order valence-electron chi connectivity index (χ2n) is 6.38. The van der Waals surface area contributed by atoms with Crippen LogP contribution in [-0.2, 0) is 12.5 Å². The van der Waals surface area contributed by atoms with Gasteiger partial charge in [-0.15, -0.1) is 11.3 Å². The highest BCUT2D eigenvalue weighted by molar-refractivity contribution is 7.19. The number of aryl methyl sites for hydroxylation is 1. The summed E-state index contributed by atoms with van der Waals surface area (Å²) in [5.74, 6) is -3.76. The number of alkyl halides is 2. The molecule has 0 fully saturated rings. The minimum Gasteiger partial charge on any atom is -0.477 e. The van der Waals surface area contributed by atoms with E-state index in [1.807, 2.05) is 0 Å². The van der Waals surface area contributed by atoms with Gasteiger partial charge in [-0.3, -0.25) is 4.79 Å². The molecule has 0 aliphatic carbocycles. The summed E-state index contributed by atoms with van der Waals surface area (Å²) in [5.41, 5.74) is 1.68. The van der Waals surface area contributed by atoms with Gasteiger partial charge in [0.1, 0.15) is 11.4 Å². The smallest absolute Gasteiger partial charge is 0.279 e. The van der Waals surface area contributed by atoms with Crippen molar-refractivity contribution in [3.8, 4) is 5.88 Å². The van der Waals surface area contributed by atoms with Gasteiger partial charge >= 0.3 is 0 Å². The third-order valence-corrected chi connectivity index (χ3v) is 5.56. The number of pyridine rings is 1. The number of rotatable bonds is 6. The number of nitrogens with zero attached hydrogens (tertiary/aromatic N) is 1. The minimum atomic E-state index is -3.00. The van der Waals surface area contributed by atoms with Crippen LogP contribution in [0.2, 0.25) is 0 Å². The van der Waals surface area contributed by atoms with E-state index < -0.39 is 17.6 Å². The highest BCUT2D eigenvalue weighted by atomic mass is 32.1. The number of hydrogen-bond donors (Lipinski definition) is 1. The number of nitrogens with one attached hydrogen (secondary N) is 1. The summed E-state index contributed by atoms with van der Waals surface area (Å²) in [6, 6.07) is 7.21. The lowest BCUT2D eigenvalue weighted by molar-refractivity contribution is 0.0216. The Bertz CT molecular complexity index is 1030. The summed E-state index contributed by atoms with van der Waals surface area (Å²) in [5, 5.41) is 2.71. The molecule has 1 N–H and O–H groups in total. The third-order valence-electron chi connectivity index (χ3n) is 4.15. The first-order valence-corrected chi connectivity index (χ1v) is 9.50. The van der Waals surface area contributed by atoms with Gasteiger partial charge in [0.2, 0.25) is 5.88 Å². The molecule has 1 aromatic carbocycles. The van der Waals surface area contributed by atoms with Crippen molar-refractivity contribution in [2.45, 2.75) is 33.2 Å². The number of thiophene rings is 1. The molecular weight excluding hydrogens is 389 g/mol. The molecule has 3 rings (SSSR count). The third kappa shape index (κ3) is 4.11. The second kappa shape index (κ2) is 7.79. The number of amides is 1. The van der Waals surface area contributed by atoms with Crippen molar-refractivity contribution in [2.24, 2.45) is 0 Å². The summed E-state index contributed by atoms with van der Waals surface area (Å²) in [4.78, 5) is 17.0. The van der Waals surface area contributed by atoms with Crippen LogP contribution < -0.4 is 10.1 Å². The molecule has 28 heavy (non-hydrogen) atoms. The molecule has 8 heteroatoms. The lowest BCUT2D eigenvalue weighted by atomic mass is 10.1. The van der Waals surface area contributed by atoms with Crippen LogP contribution >= 0.6 is 11.3 Å². The van der Waals surface area contributed by atoms with Gasteiger partial charge in [0.15, 0.2) is 0 Å². The number of halogens is 3. The quantitative estimate of drug-likeness (QED) is 0.611. The predicted molar refractivity (Wildman–Crippen MR) is 103 cm³/mol. The molecule has 0 atom stereocenters. The van der Waals surface area contributed by atoms with Crippen molar-refractivity contribution >= 4 is 27.5 Å². The van der Waals surface area contributed by atoms with E-state index in [1.165, 1.54) is 18.2 Å². The molecule has 0 bridgehead atoms. The summed E-state index contributed by atoms with van der Waals surface area (Å²) >= 11 is 0.908. The van der Waals surface area contributed by atoms with Gasteiger partial charge in [-0.05, 0) is 43.2 Å². The van der Waals surface area contributed by atoms with Gasteiger partial charge in [-0.25, -0.2) is 18.2 Å². The topological polar surface area (TPSA) is 51.2 Å². The minimum absolute atomic E-state index is 0.0908. The monoisotopic (exact) mass is 408 g/mol. The van der Waals surface area contributed by atoms with E-state index in [2.05, 4.69) is 10.3 Å². The SMILES string of the molecule is CCOc1nc2cc(C(C)(F)F)sc2c(C)c1C(=O)NCc1cccc(F)c1. The first kappa shape index (κ1) is 20.1. The summed E-state index contributed by atoms with van der Waals surface area (Å²) in [7, 11) is 0. The van der Waals surface area contributed by atoms with Crippen LogP contribution in [0.1, 0.15) is 40.2 Å². The maximum absolute atomic E-state index is 13.7. The number of hydrogen-bond acceptors (Lipinski definition) is 4. The van der Waals surface area contributed by atoms with Gasteiger partial charge in [0, 0.05) is 13.5 Å². The van der Waals surface area contributed by atoms with Crippen LogP contribution in [0.5, 0.6) is 5.88 Å². The van der Waals surface area contributed by atoms with Crippen LogP contribution in [-0.4, -0.2) is 17.5 Å². The Labute approximate surface area is 164 Å². The Morgan fingerprint density at radius 3 is 2.71 bits per heavy atom. The molecule has 1 amide bonds. The summed E-state index contributed by atoms with van der Waals surface area (Å²) < 4.78 is 46.8. The lowest BCUT2D eigenvalue weighted by Gasteiger charge is -2.13. The Balaban J connectivity index is 1.98. The Kier molecular flexibility index (Phi) is 5.60. The zero-order valence-corrected chi connectivity index (χ0v) is 16.4. The van der Waals surface area contributed by atoms with Crippen molar-refractivity contribution in [1.82, 2.24) is 10.3 Å². The van der Waals surface area contributed by atoms with E-state index in [1.54, 1.807) is 26.0 Å². The molecule has 148 valence electrons. The maximum atomic E-state index is 13.7. The zero-order valence-electron chi connectivity index (χ0n) is 15.6. The van der Waals surface area contributed by atoms with Gasteiger partial charge in [-0.1, -0.05) is 12.1 Å². The fourth-order valence-electron chi connectivity index (χ4n) is 2.81. The Morgan fingerprint density at radius 2 is 2.07 bits per heavy atom. The largest absolute Gasteiger partial charge is 0.477 e. The van der Waals surface area contributed by atoms with E-state index >= 15 is 0 Å². The first-order valence-electron chi connectivity index (χ1n) is 8.68. The van der Waals surface area contributed by atoms with Gasteiger partial charge in [-0.2, -0.15) is 0 Å². The first-order chi connectivity index (χ1) is 13.2. The van der Waals surface area contributed by atoms with Gasteiger partial charge in [0.05, 0.1) is 21.7 Å². The summed E-state index contributed by atoms with van der Waals surface area (Å²) in [6.07, 6.45) is 0. The Morgan fingerprint density at radius 1 is 1.32 bits per heavy atom. The molecule has 0 spiro atoms. The molecule has 0 radical (unpaired) electrons. The van der Waals surface area contributed by atoms with Gasteiger partial charge < -0.3 is 10.1 Å². The number of ether oxygens (including phenoxy) is 1. The van der Waals surface area contributed by atoms with E-state index in [-0.39, 0.29) is 29.5 Å². The van der Waals surface area contributed by atoms with Crippen LogP contribution in [0.15, 0.2) is 30.3 Å². The van der Waals surface area contributed by atoms with E-state index in [0.29, 0.717) is 21.3 Å². The van der Waals surface area contributed by atoms with E-state index in [4.69, 9.17) is 4.74 Å². The molecule has 2 heterocycles. The van der Waals surface area contributed by atoms with Crippen molar-refractivity contribution in [3.05, 3.63) is 57.7 Å². The maximum Gasteiger partial charge on any atom is 0.279 e. The number of carbonyl (C=O) groups is 1. The highest BCUT2D eigenvalue weighted by Gasteiger charge is 2.29. The standard InChI is InChI=1S/C20H19F3N2O2S/c1-4-27-19-16(18(26)24-10-12-6-5-7-13(21)8-12)11(2)17-14(25-19)9-15(28-17)20(3,22)23/h5-9H,4,10H2,1-3H3,(H,24,26). The highest BCUT2D eigenvalue weighted by Crippen LogP contribution is 2.39. The van der Waals surface area contributed by atoms with Crippen molar-refractivity contribution in [1.29, 1.82) is 0 Å². The molecular formula is C20H19F3N2O2S. The Hall–Kier alpha value is -2.61. The number of fused-ring (bicyclic) bond motifs is 1. The second-order valence-corrected chi connectivity index (χ2v) is 7.43. The van der Waals surface area contributed by atoms with E-state index in [9.17, 15) is 18.0 Å². The van der Waals surface area contributed by atoms with Crippen molar-refractivity contribution in [2.75, 3.05) is 6.61 Å². The normalized spacial score (nSPS) is 11.6. The molecule has 4 nitrogen and oxygen atoms in total. The van der Waals surface area contributed by atoms with Crippen LogP contribution in [0, 0.1) is 12.7 Å². The van der Waals surface area contributed by atoms with Crippen molar-refractivity contribution < 1.29 is 22.7 Å². The van der Waals surface area contributed by atoms with Crippen LogP contribution in [0.4, 0.5) is 13.2 Å². The molecule has 0 saturated carbocycles. The molecule has 0 aliphatic heterocycles.